The molecule has 3 aromatic carbocycles. The van der Waals surface area contributed by atoms with E-state index in [0.717, 1.165) is 11.1 Å². The summed E-state index contributed by atoms with van der Waals surface area (Å²) in [7, 11) is -3.70. The number of benzene rings is 3. The molecule has 8 heteroatoms. The van der Waals surface area contributed by atoms with E-state index in [4.69, 9.17) is 16.3 Å². The summed E-state index contributed by atoms with van der Waals surface area (Å²) < 4.78 is 33.0. The minimum absolute atomic E-state index is 0.0855. The highest BCUT2D eigenvalue weighted by Crippen LogP contribution is 2.29. The van der Waals surface area contributed by atoms with Crippen molar-refractivity contribution < 1.29 is 17.9 Å². The molecule has 32 heavy (non-hydrogen) atoms. The third-order valence-electron chi connectivity index (χ3n) is 5.37. The van der Waals surface area contributed by atoms with Gasteiger partial charge in [-0.25, -0.2) is 8.42 Å². The van der Waals surface area contributed by atoms with Crippen LogP contribution in [0.1, 0.15) is 0 Å². The lowest BCUT2D eigenvalue weighted by Gasteiger charge is -2.34. The largest absolute Gasteiger partial charge is 0.483 e. The first-order valence-electron chi connectivity index (χ1n) is 10.3. The number of carbonyl (C=O) groups excluding carboxylic acids is 1. The molecular weight excluding hydrogens is 448 g/mol. The van der Waals surface area contributed by atoms with E-state index in [-0.39, 0.29) is 35.5 Å². The van der Waals surface area contributed by atoms with Crippen molar-refractivity contribution in [1.29, 1.82) is 0 Å². The molecule has 0 saturated carbocycles. The van der Waals surface area contributed by atoms with E-state index in [1.165, 1.54) is 10.4 Å². The molecule has 4 rings (SSSR count). The van der Waals surface area contributed by atoms with E-state index in [9.17, 15) is 13.2 Å². The lowest BCUT2D eigenvalue weighted by Crippen LogP contribution is -2.51. The van der Waals surface area contributed by atoms with Gasteiger partial charge in [-0.15, -0.1) is 0 Å². The van der Waals surface area contributed by atoms with Gasteiger partial charge in [0.05, 0.1) is 5.02 Å². The maximum absolute atomic E-state index is 12.9. The molecule has 0 spiro atoms. The maximum Gasteiger partial charge on any atom is 0.260 e. The van der Waals surface area contributed by atoms with Crippen LogP contribution in [0.4, 0.5) is 0 Å². The average Bonchev–Trinajstić information content (AvgIpc) is 2.83. The lowest BCUT2D eigenvalue weighted by molar-refractivity contribution is -0.134. The first-order chi connectivity index (χ1) is 15.5. The van der Waals surface area contributed by atoms with Crippen molar-refractivity contribution >= 4 is 27.5 Å². The standard InChI is InChI=1S/C24H23ClN2O4S/c25-21-11-5-7-13-23(21)32(29,30)27-16-14-26(15-17-27)24(28)18-31-22-12-6-4-10-20(22)19-8-2-1-3-9-19/h1-13H,14-18H2. The Balaban J connectivity index is 1.37. The number of piperazine rings is 1. The van der Waals surface area contributed by atoms with Crippen molar-refractivity contribution in [1.82, 2.24) is 9.21 Å². The van der Waals surface area contributed by atoms with Gasteiger partial charge < -0.3 is 9.64 Å². The molecule has 1 saturated heterocycles. The Morgan fingerprint density at radius 1 is 0.844 bits per heavy atom. The smallest absolute Gasteiger partial charge is 0.260 e. The minimum atomic E-state index is -3.70. The van der Waals surface area contributed by atoms with E-state index in [0.29, 0.717) is 18.8 Å². The van der Waals surface area contributed by atoms with Gasteiger partial charge in [0.15, 0.2) is 6.61 Å². The van der Waals surface area contributed by atoms with Crippen LogP contribution in [0.3, 0.4) is 0 Å². The number of halogens is 1. The van der Waals surface area contributed by atoms with Gasteiger partial charge in [0, 0.05) is 31.7 Å². The Labute approximate surface area is 193 Å². The molecule has 6 nitrogen and oxygen atoms in total. The van der Waals surface area contributed by atoms with Gasteiger partial charge in [0.1, 0.15) is 10.6 Å². The van der Waals surface area contributed by atoms with Crippen LogP contribution in [0.5, 0.6) is 5.75 Å². The maximum atomic E-state index is 12.9. The highest BCUT2D eigenvalue weighted by atomic mass is 35.5. The first kappa shape index (κ1) is 22.3. The molecule has 1 fully saturated rings. The highest BCUT2D eigenvalue weighted by molar-refractivity contribution is 7.89. The third-order valence-corrected chi connectivity index (χ3v) is 7.77. The molecule has 1 aliphatic heterocycles. The van der Waals surface area contributed by atoms with Crippen LogP contribution in [-0.2, 0) is 14.8 Å². The Kier molecular flexibility index (Phi) is 6.79. The van der Waals surface area contributed by atoms with Crippen LogP contribution < -0.4 is 4.74 Å². The van der Waals surface area contributed by atoms with Gasteiger partial charge in [-0.3, -0.25) is 4.79 Å². The zero-order valence-corrected chi connectivity index (χ0v) is 18.9. The normalized spacial score (nSPS) is 14.8. The molecule has 0 aromatic heterocycles. The summed E-state index contributed by atoms with van der Waals surface area (Å²) in [6, 6.07) is 23.8. The molecule has 1 amide bonds. The number of para-hydroxylation sites is 1. The molecule has 0 aliphatic carbocycles. The summed E-state index contributed by atoms with van der Waals surface area (Å²) >= 11 is 6.08. The van der Waals surface area contributed by atoms with E-state index in [1.54, 1.807) is 23.1 Å². The van der Waals surface area contributed by atoms with Crippen LogP contribution in [0.15, 0.2) is 83.8 Å². The number of sulfonamides is 1. The summed E-state index contributed by atoms with van der Waals surface area (Å²) in [6.07, 6.45) is 0. The fraction of sp³-hybridized carbons (Fsp3) is 0.208. The number of ether oxygens (including phenoxy) is 1. The molecule has 0 atom stereocenters. The lowest BCUT2D eigenvalue weighted by atomic mass is 10.1. The third kappa shape index (κ3) is 4.80. The zero-order chi connectivity index (χ0) is 22.6. The highest BCUT2D eigenvalue weighted by Gasteiger charge is 2.31. The van der Waals surface area contributed by atoms with Crippen LogP contribution in [0.25, 0.3) is 11.1 Å². The number of carbonyl (C=O) groups is 1. The van der Waals surface area contributed by atoms with E-state index in [1.807, 2.05) is 54.6 Å². The predicted molar refractivity (Wildman–Crippen MR) is 124 cm³/mol. The van der Waals surface area contributed by atoms with E-state index >= 15 is 0 Å². The first-order valence-corrected chi connectivity index (χ1v) is 12.1. The average molecular weight is 471 g/mol. The summed E-state index contributed by atoms with van der Waals surface area (Å²) in [5.74, 6) is 0.453. The molecule has 1 aliphatic rings. The Bertz CT molecular complexity index is 1190. The molecule has 3 aromatic rings. The van der Waals surface area contributed by atoms with Gasteiger partial charge in [0.25, 0.3) is 5.91 Å². The van der Waals surface area contributed by atoms with Gasteiger partial charge in [-0.2, -0.15) is 4.31 Å². The van der Waals surface area contributed by atoms with Gasteiger partial charge >= 0.3 is 0 Å². The predicted octanol–water partition coefficient (Wildman–Crippen LogP) is 3.92. The second kappa shape index (κ2) is 9.73. The van der Waals surface area contributed by atoms with Crippen LogP contribution >= 0.6 is 11.6 Å². The topological polar surface area (TPSA) is 66.9 Å². The van der Waals surface area contributed by atoms with Gasteiger partial charge in [-0.1, -0.05) is 72.3 Å². The summed E-state index contributed by atoms with van der Waals surface area (Å²) in [5, 5.41) is 0.191. The summed E-state index contributed by atoms with van der Waals surface area (Å²) in [6.45, 7) is 0.902. The van der Waals surface area contributed by atoms with Crippen molar-refractivity contribution in [2.45, 2.75) is 4.90 Å². The molecular formula is C24H23ClN2O4S. The number of nitrogens with zero attached hydrogens (tertiary/aromatic N) is 2. The monoisotopic (exact) mass is 470 g/mol. The van der Waals surface area contributed by atoms with Crippen molar-refractivity contribution in [2.75, 3.05) is 32.8 Å². The molecule has 0 unspecified atom stereocenters. The van der Waals surface area contributed by atoms with E-state index in [2.05, 4.69) is 0 Å². The fourth-order valence-corrected chi connectivity index (χ4v) is 5.57. The fourth-order valence-electron chi connectivity index (χ4n) is 3.65. The van der Waals surface area contributed by atoms with Crippen molar-refractivity contribution in [3.05, 3.63) is 83.9 Å². The molecule has 0 radical (unpaired) electrons. The van der Waals surface area contributed by atoms with Crippen LogP contribution in [0, 0.1) is 0 Å². The van der Waals surface area contributed by atoms with Crippen LogP contribution in [-0.4, -0.2) is 56.3 Å². The molecule has 0 bridgehead atoms. The van der Waals surface area contributed by atoms with Crippen molar-refractivity contribution in [3.63, 3.8) is 0 Å². The van der Waals surface area contributed by atoms with Crippen molar-refractivity contribution in [3.8, 4) is 16.9 Å². The second-order valence-corrected chi connectivity index (χ2v) is 9.68. The number of rotatable bonds is 6. The number of amides is 1. The van der Waals surface area contributed by atoms with Gasteiger partial charge in [-0.05, 0) is 23.8 Å². The quantitative estimate of drug-likeness (QED) is 0.547. The minimum Gasteiger partial charge on any atom is -0.483 e. The van der Waals surface area contributed by atoms with Gasteiger partial charge in [0.2, 0.25) is 10.0 Å². The van der Waals surface area contributed by atoms with Crippen LogP contribution in [0.2, 0.25) is 5.02 Å². The van der Waals surface area contributed by atoms with E-state index < -0.39 is 10.0 Å². The molecule has 1 heterocycles. The second-order valence-electron chi connectivity index (χ2n) is 7.37. The summed E-state index contributed by atoms with van der Waals surface area (Å²) in [4.78, 5) is 14.4. The Morgan fingerprint density at radius 3 is 2.19 bits per heavy atom. The Hall–Kier alpha value is -2.87. The van der Waals surface area contributed by atoms with Crippen molar-refractivity contribution in [2.24, 2.45) is 0 Å². The number of hydrogen-bond acceptors (Lipinski definition) is 4. The Morgan fingerprint density at radius 2 is 1.47 bits per heavy atom. The SMILES string of the molecule is O=C(COc1ccccc1-c1ccccc1)N1CCN(S(=O)(=O)c2ccccc2Cl)CC1. The molecule has 0 N–H and O–H groups in total. The zero-order valence-electron chi connectivity index (χ0n) is 17.4. The summed E-state index contributed by atoms with van der Waals surface area (Å²) in [5.41, 5.74) is 1.92. The number of hydrogen-bond donors (Lipinski definition) is 0. The molecule has 166 valence electrons.